The van der Waals surface area contributed by atoms with Gasteiger partial charge in [-0.05, 0) is 43.4 Å². The molecule has 0 unspecified atom stereocenters. The summed E-state index contributed by atoms with van der Waals surface area (Å²) < 4.78 is 26.0. The Morgan fingerprint density at radius 1 is 1.41 bits per heavy atom. The highest BCUT2D eigenvalue weighted by atomic mass is 32.2. The highest BCUT2D eigenvalue weighted by molar-refractivity contribution is 7.89. The molecule has 0 saturated carbocycles. The van der Waals surface area contributed by atoms with Crippen LogP contribution in [0.15, 0.2) is 11.4 Å². The molecule has 1 heterocycles. The fourth-order valence-corrected chi connectivity index (χ4v) is 3.56. The minimum absolute atomic E-state index is 0.181. The van der Waals surface area contributed by atoms with E-state index in [0.29, 0.717) is 13.0 Å². The van der Waals surface area contributed by atoms with Crippen LogP contribution < -0.4 is 10.0 Å². The molecular weight excluding hydrogens is 256 g/mol. The van der Waals surface area contributed by atoms with Crippen LogP contribution in [0.2, 0.25) is 0 Å². The predicted octanol–water partition coefficient (Wildman–Crippen LogP) is 1.34. The monoisotopic (exact) mass is 276 g/mol. The first-order valence-electron chi connectivity index (χ1n) is 5.76. The lowest BCUT2D eigenvalue weighted by molar-refractivity contribution is 0.577. The maximum Gasteiger partial charge on any atom is 0.211 e. The number of sulfonamides is 1. The molecule has 0 bridgehead atoms. The molecule has 98 valence electrons. The van der Waals surface area contributed by atoms with Gasteiger partial charge in [-0.15, -0.1) is 11.3 Å². The molecule has 1 aromatic rings. The first kappa shape index (κ1) is 14.6. The first-order chi connectivity index (χ1) is 8.09. The van der Waals surface area contributed by atoms with Gasteiger partial charge in [0, 0.05) is 11.4 Å². The van der Waals surface area contributed by atoms with Crippen molar-refractivity contribution in [2.24, 2.45) is 0 Å². The van der Waals surface area contributed by atoms with Gasteiger partial charge in [0.25, 0.3) is 0 Å². The summed E-state index contributed by atoms with van der Waals surface area (Å²) in [6, 6.07) is 2.05. The Balaban J connectivity index is 2.44. The molecule has 6 heteroatoms. The van der Waals surface area contributed by atoms with Crippen molar-refractivity contribution >= 4 is 21.4 Å². The lowest BCUT2D eigenvalue weighted by Gasteiger charge is -2.06. The zero-order valence-electron chi connectivity index (χ0n) is 10.3. The van der Waals surface area contributed by atoms with Crippen molar-refractivity contribution in [2.45, 2.75) is 26.3 Å². The van der Waals surface area contributed by atoms with E-state index in [4.69, 9.17) is 0 Å². The second kappa shape index (κ2) is 7.10. The zero-order chi connectivity index (χ0) is 12.7. The summed E-state index contributed by atoms with van der Waals surface area (Å²) in [5.74, 6) is 0.181. The Labute approximate surface area is 107 Å². The molecule has 17 heavy (non-hydrogen) atoms. The van der Waals surface area contributed by atoms with Crippen molar-refractivity contribution < 1.29 is 8.42 Å². The molecule has 0 aliphatic carbocycles. The average Bonchev–Trinajstić information content (AvgIpc) is 2.74. The molecule has 0 aliphatic rings. The summed E-state index contributed by atoms with van der Waals surface area (Å²) in [5, 5.41) is 4.94. The van der Waals surface area contributed by atoms with Gasteiger partial charge in [0.15, 0.2) is 0 Å². The predicted molar refractivity (Wildman–Crippen MR) is 72.9 cm³/mol. The van der Waals surface area contributed by atoms with Gasteiger partial charge in [0.2, 0.25) is 10.0 Å². The average molecular weight is 276 g/mol. The number of hydrogen-bond donors (Lipinski definition) is 2. The number of aryl methyl sites for hydroxylation is 1. The lowest BCUT2D eigenvalue weighted by Crippen LogP contribution is -2.27. The third-order valence-corrected chi connectivity index (χ3v) is 4.88. The number of thiophene rings is 1. The van der Waals surface area contributed by atoms with Crippen LogP contribution in [-0.2, 0) is 23.0 Å². The molecule has 1 aromatic heterocycles. The molecule has 0 spiro atoms. The lowest BCUT2D eigenvalue weighted by atomic mass is 10.2. The molecule has 2 N–H and O–H groups in total. The fourth-order valence-electron chi connectivity index (χ4n) is 1.52. The Morgan fingerprint density at radius 2 is 2.18 bits per heavy atom. The third-order valence-electron chi connectivity index (χ3n) is 2.51. The van der Waals surface area contributed by atoms with Gasteiger partial charge in [0.1, 0.15) is 0 Å². The van der Waals surface area contributed by atoms with Crippen molar-refractivity contribution in [1.29, 1.82) is 0 Å². The summed E-state index contributed by atoms with van der Waals surface area (Å²) in [7, 11) is -1.32. The summed E-state index contributed by atoms with van der Waals surface area (Å²) in [4.78, 5) is 1.12. The van der Waals surface area contributed by atoms with Gasteiger partial charge in [0.05, 0.1) is 5.75 Å². The topological polar surface area (TPSA) is 58.2 Å². The van der Waals surface area contributed by atoms with Gasteiger partial charge < -0.3 is 5.32 Å². The quantitative estimate of drug-likeness (QED) is 0.705. The molecule has 1 rings (SSSR count). The summed E-state index contributed by atoms with van der Waals surface area (Å²) in [6.45, 7) is 3.22. The van der Waals surface area contributed by atoms with E-state index < -0.39 is 10.0 Å². The molecule has 0 aliphatic heterocycles. The highest BCUT2D eigenvalue weighted by Crippen LogP contribution is 2.17. The van der Waals surface area contributed by atoms with Gasteiger partial charge in [-0.3, -0.25) is 0 Å². The van der Waals surface area contributed by atoms with Crippen molar-refractivity contribution in [3.8, 4) is 0 Å². The maximum absolute atomic E-state index is 11.7. The Bertz CT molecular complexity index is 426. The normalized spacial score (nSPS) is 11.9. The zero-order valence-corrected chi connectivity index (χ0v) is 12.0. The van der Waals surface area contributed by atoms with Crippen LogP contribution in [-0.4, -0.2) is 27.8 Å². The van der Waals surface area contributed by atoms with Crippen molar-refractivity contribution in [1.82, 2.24) is 10.0 Å². The molecule has 0 saturated heterocycles. The largest absolute Gasteiger partial charge is 0.320 e. The summed E-state index contributed by atoms with van der Waals surface area (Å²) in [6.07, 6.45) is 1.58. The van der Waals surface area contributed by atoms with Crippen molar-refractivity contribution in [2.75, 3.05) is 19.3 Å². The standard InChI is InChI=1S/C11H20N2O2S2/c1-3-10-5-7-16-11(10)9-13-17(14,15)8-4-6-12-2/h5,7,12-13H,3-4,6,8-9H2,1-2H3. The molecule has 0 radical (unpaired) electrons. The number of rotatable bonds is 8. The maximum atomic E-state index is 11.7. The van der Waals surface area contributed by atoms with Crippen LogP contribution in [0.5, 0.6) is 0 Å². The molecular formula is C11H20N2O2S2. The smallest absolute Gasteiger partial charge is 0.211 e. The molecule has 0 amide bonds. The number of nitrogens with one attached hydrogen (secondary N) is 2. The van der Waals surface area contributed by atoms with Crippen molar-refractivity contribution in [3.05, 3.63) is 21.9 Å². The second-order valence-corrected chi connectivity index (χ2v) is 6.75. The van der Waals surface area contributed by atoms with Crippen LogP contribution in [0.25, 0.3) is 0 Å². The van der Waals surface area contributed by atoms with E-state index in [9.17, 15) is 8.42 Å². The molecule has 0 aromatic carbocycles. The number of hydrogen-bond acceptors (Lipinski definition) is 4. The summed E-state index contributed by atoms with van der Waals surface area (Å²) in [5.41, 5.74) is 1.23. The van der Waals surface area contributed by atoms with E-state index in [-0.39, 0.29) is 5.75 Å². The minimum Gasteiger partial charge on any atom is -0.320 e. The van der Waals surface area contributed by atoms with Crippen LogP contribution in [0.4, 0.5) is 0 Å². The Morgan fingerprint density at radius 3 is 2.82 bits per heavy atom. The van der Waals surface area contributed by atoms with E-state index in [1.165, 1.54) is 5.56 Å². The van der Waals surface area contributed by atoms with E-state index >= 15 is 0 Å². The molecule has 0 fully saturated rings. The van der Waals surface area contributed by atoms with E-state index in [2.05, 4.69) is 23.0 Å². The SMILES string of the molecule is CCc1ccsc1CNS(=O)(=O)CCCNC. The third kappa shape index (κ3) is 5.16. The Kier molecular flexibility index (Phi) is 6.11. The highest BCUT2D eigenvalue weighted by Gasteiger charge is 2.11. The van der Waals surface area contributed by atoms with E-state index in [1.54, 1.807) is 11.3 Å². The van der Waals surface area contributed by atoms with Crippen LogP contribution in [0.3, 0.4) is 0 Å². The molecule has 4 nitrogen and oxygen atoms in total. The van der Waals surface area contributed by atoms with Gasteiger partial charge in [-0.25, -0.2) is 13.1 Å². The van der Waals surface area contributed by atoms with Crippen LogP contribution in [0.1, 0.15) is 23.8 Å². The van der Waals surface area contributed by atoms with Crippen LogP contribution in [0, 0.1) is 0 Å². The molecule has 0 atom stereocenters. The minimum atomic E-state index is -3.14. The second-order valence-electron chi connectivity index (χ2n) is 3.82. The van der Waals surface area contributed by atoms with Crippen molar-refractivity contribution in [3.63, 3.8) is 0 Å². The van der Waals surface area contributed by atoms with Gasteiger partial charge in [-0.2, -0.15) is 0 Å². The Hall–Kier alpha value is -0.430. The van der Waals surface area contributed by atoms with Gasteiger partial charge >= 0.3 is 0 Å². The van der Waals surface area contributed by atoms with E-state index in [1.807, 2.05) is 12.4 Å². The first-order valence-corrected chi connectivity index (χ1v) is 8.29. The van der Waals surface area contributed by atoms with E-state index in [0.717, 1.165) is 17.8 Å². The summed E-state index contributed by atoms with van der Waals surface area (Å²) >= 11 is 1.60. The van der Waals surface area contributed by atoms with Crippen LogP contribution >= 0.6 is 11.3 Å². The van der Waals surface area contributed by atoms with Gasteiger partial charge in [-0.1, -0.05) is 6.92 Å². The fraction of sp³-hybridized carbons (Fsp3) is 0.636.